The van der Waals surface area contributed by atoms with E-state index in [4.69, 9.17) is 5.11 Å². The fraction of sp³-hybridized carbons (Fsp3) is 0.560. The normalized spacial score (nSPS) is 18.9. The van der Waals surface area contributed by atoms with Crippen molar-refractivity contribution in [2.45, 2.75) is 50.9 Å². The fourth-order valence-electron chi connectivity index (χ4n) is 4.80. The van der Waals surface area contributed by atoms with Gasteiger partial charge in [-0.3, -0.25) is 9.52 Å². The number of rotatable bonds is 8. The largest absolute Gasteiger partial charge is 0.395 e. The lowest BCUT2D eigenvalue weighted by Gasteiger charge is -2.38. The average Bonchev–Trinajstić information content (AvgIpc) is 2.82. The molecule has 0 unspecified atom stereocenters. The van der Waals surface area contributed by atoms with Gasteiger partial charge in [0.1, 0.15) is 11.6 Å². The zero-order chi connectivity index (χ0) is 29.3. The summed E-state index contributed by atoms with van der Waals surface area (Å²) in [6, 6.07) is 5.70. The summed E-state index contributed by atoms with van der Waals surface area (Å²) in [6.07, 6.45) is -0.658. The van der Waals surface area contributed by atoms with E-state index in [1.807, 2.05) is 4.90 Å². The Hall–Kier alpha value is -2.91. The molecule has 2 fully saturated rings. The number of nitrogens with zero attached hydrogens (tertiary/aromatic N) is 4. The summed E-state index contributed by atoms with van der Waals surface area (Å²) >= 11 is 0. The van der Waals surface area contributed by atoms with E-state index in [1.54, 1.807) is 11.8 Å². The maximum atomic E-state index is 15.6. The quantitative estimate of drug-likeness (QED) is 0.392. The van der Waals surface area contributed by atoms with Crippen LogP contribution < -0.4 is 19.8 Å². The molecule has 10 nitrogen and oxygen atoms in total. The summed E-state index contributed by atoms with van der Waals surface area (Å²) in [7, 11) is -5.35. The molecule has 0 saturated carbocycles. The topological polar surface area (TPSA) is 128 Å². The second-order valence-corrected chi connectivity index (χ2v) is 18.3. The molecule has 1 amide bonds. The number of halogens is 3. The number of hydrogen-bond acceptors (Lipinski definition) is 8. The summed E-state index contributed by atoms with van der Waals surface area (Å²) in [4.78, 5) is 25.7. The highest BCUT2D eigenvalue weighted by Gasteiger charge is 2.35. The van der Waals surface area contributed by atoms with Gasteiger partial charge in [-0.1, -0.05) is 13.1 Å². The molecule has 0 radical (unpaired) electrons. The molecule has 0 bridgehead atoms. The van der Waals surface area contributed by atoms with E-state index < -0.39 is 48.1 Å². The third-order valence-electron chi connectivity index (χ3n) is 7.25. The van der Waals surface area contributed by atoms with E-state index in [1.165, 1.54) is 12.1 Å². The van der Waals surface area contributed by atoms with E-state index in [0.717, 1.165) is 18.2 Å². The van der Waals surface area contributed by atoms with Crippen LogP contribution in [-0.2, 0) is 10.0 Å². The maximum absolute atomic E-state index is 15.6. The van der Waals surface area contributed by atoms with Gasteiger partial charge in [-0.05, 0) is 31.1 Å². The van der Waals surface area contributed by atoms with Gasteiger partial charge in [-0.15, -0.1) is 0 Å². The molecule has 2 aliphatic rings. The number of hydrogen-bond donors (Lipinski definition) is 3. The minimum absolute atomic E-state index is 0.0540. The Labute approximate surface area is 233 Å². The predicted molar refractivity (Wildman–Crippen MR) is 151 cm³/mol. The first-order valence-corrected chi connectivity index (χ1v) is 18.2. The molecular weight excluding hydrogens is 565 g/mol. The number of piperidine rings is 1. The Kier molecular flexibility index (Phi) is 8.66. The minimum atomic E-state index is -3.92. The van der Waals surface area contributed by atoms with Crippen molar-refractivity contribution in [1.82, 2.24) is 9.97 Å². The molecule has 3 heterocycles. The number of amides is 1. The van der Waals surface area contributed by atoms with Gasteiger partial charge < -0.3 is 20.2 Å². The third kappa shape index (κ3) is 7.43. The van der Waals surface area contributed by atoms with Gasteiger partial charge in [-0.25, -0.2) is 26.6 Å². The Balaban J connectivity index is 1.65. The number of sulfonamides is 1. The molecule has 1 aromatic carbocycles. The lowest BCUT2D eigenvalue weighted by molar-refractivity contribution is -0.0222. The van der Waals surface area contributed by atoms with Crippen LogP contribution in [0.5, 0.6) is 0 Å². The lowest BCUT2D eigenvalue weighted by atomic mass is 10.1. The van der Waals surface area contributed by atoms with Crippen LogP contribution in [0.3, 0.4) is 0 Å². The number of aliphatic hydroxyl groups is 1. The van der Waals surface area contributed by atoms with E-state index in [0.29, 0.717) is 18.8 Å². The van der Waals surface area contributed by atoms with Crippen molar-refractivity contribution in [1.29, 1.82) is 0 Å². The van der Waals surface area contributed by atoms with Crippen molar-refractivity contribution in [3.05, 3.63) is 35.3 Å². The standard InChI is InChI=1S/C25H35F3N6O4SSi/c1-17-14-21(31-24(29-17)34-6-4-25(27,28)5-7-34)30-23(36)22-19(26)15-18(32-39(37,38)11-10-35)16-20(22)33-8-12-40(2,3)13-9-33/h14-16,32,35H,4-13H2,1-3H3,(H,29,30,31,36). The number of anilines is 4. The molecule has 1 aromatic heterocycles. The number of aromatic nitrogens is 2. The van der Waals surface area contributed by atoms with Crippen LogP contribution in [0, 0.1) is 12.7 Å². The first-order valence-electron chi connectivity index (χ1n) is 13.2. The molecule has 220 valence electrons. The van der Waals surface area contributed by atoms with Crippen LogP contribution in [0.25, 0.3) is 0 Å². The van der Waals surface area contributed by atoms with Crippen molar-refractivity contribution in [3.63, 3.8) is 0 Å². The Morgan fingerprint density at radius 2 is 1.73 bits per heavy atom. The number of benzene rings is 1. The first-order chi connectivity index (χ1) is 18.7. The van der Waals surface area contributed by atoms with Crippen LogP contribution in [0.15, 0.2) is 18.2 Å². The lowest BCUT2D eigenvalue weighted by Crippen LogP contribution is -2.43. The van der Waals surface area contributed by atoms with Crippen LogP contribution in [0.2, 0.25) is 25.2 Å². The first kappa shape index (κ1) is 30.1. The van der Waals surface area contributed by atoms with Gasteiger partial charge in [0.25, 0.3) is 11.8 Å². The number of aliphatic hydroxyl groups excluding tert-OH is 1. The molecule has 0 spiro atoms. The summed E-state index contributed by atoms with van der Waals surface area (Å²) in [6.45, 7) is 6.89. The monoisotopic (exact) mass is 600 g/mol. The Bertz CT molecular complexity index is 1360. The van der Waals surface area contributed by atoms with Gasteiger partial charge in [0.15, 0.2) is 0 Å². The molecule has 0 aliphatic carbocycles. The van der Waals surface area contributed by atoms with Gasteiger partial charge in [0, 0.05) is 50.8 Å². The summed E-state index contributed by atoms with van der Waals surface area (Å²) in [5, 5.41) is 11.7. The maximum Gasteiger partial charge on any atom is 0.261 e. The number of alkyl halides is 2. The Morgan fingerprint density at radius 3 is 2.35 bits per heavy atom. The summed E-state index contributed by atoms with van der Waals surface area (Å²) in [5.41, 5.74) is 0.423. The van der Waals surface area contributed by atoms with Crippen LogP contribution in [0.1, 0.15) is 28.9 Å². The molecule has 40 heavy (non-hydrogen) atoms. The van der Waals surface area contributed by atoms with Crippen molar-refractivity contribution in [2.75, 3.05) is 58.4 Å². The third-order valence-corrected chi connectivity index (χ3v) is 11.7. The highest BCUT2D eigenvalue weighted by Crippen LogP contribution is 2.34. The second-order valence-electron chi connectivity index (χ2n) is 11.1. The highest BCUT2D eigenvalue weighted by molar-refractivity contribution is 7.92. The second kappa shape index (κ2) is 11.5. The van der Waals surface area contributed by atoms with Gasteiger partial charge in [0.05, 0.1) is 37.4 Å². The van der Waals surface area contributed by atoms with Crippen LogP contribution >= 0.6 is 0 Å². The van der Waals surface area contributed by atoms with Crippen molar-refractivity contribution in [3.8, 4) is 0 Å². The molecule has 2 saturated heterocycles. The molecule has 2 aliphatic heterocycles. The highest BCUT2D eigenvalue weighted by atomic mass is 32.2. The van der Waals surface area contributed by atoms with E-state index in [-0.39, 0.29) is 54.6 Å². The molecule has 3 N–H and O–H groups in total. The SMILES string of the molecule is Cc1cc(NC(=O)c2c(F)cc(NS(=O)(=O)CCO)cc2N2CC[Si](C)(C)CC2)nc(N2CCC(F)(F)CC2)n1. The predicted octanol–water partition coefficient (Wildman–Crippen LogP) is 3.67. The fourth-order valence-corrected chi connectivity index (χ4v) is 7.62. The van der Waals surface area contributed by atoms with E-state index >= 15 is 4.39 Å². The summed E-state index contributed by atoms with van der Waals surface area (Å²) in [5.74, 6) is -4.72. The van der Waals surface area contributed by atoms with E-state index in [2.05, 4.69) is 33.1 Å². The van der Waals surface area contributed by atoms with Crippen molar-refractivity contribution >= 4 is 47.1 Å². The zero-order valence-corrected chi connectivity index (χ0v) is 24.6. The average molecular weight is 601 g/mol. The van der Waals surface area contributed by atoms with Gasteiger partial charge in [0.2, 0.25) is 16.0 Å². The van der Waals surface area contributed by atoms with Crippen LogP contribution in [-0.4, -0.2) is 81.9 Å². The number of aryl methyl sites for hydroxylation is 1. The molecule has 4 rings (SSSR count). The summed E-state index contributed by atoms with van der Waals surface area (Å²) < 4.78 is 69.6. The number of carbonyl (C=O) groups excluding carboxylic acids is 1. The van der Waals surface area contributed by atoms with E-state index in [9.17, 15) is 22.0 Å². The van der Waals surface area contributed by atoms with Crippen molar-refractivity contribution < 1.29 is 31.5 Å². The van der Waals surface area contributed by atoms with Gasteiger partial charge in [-0.2, -0.15) is 4.98 Å². The smallest absolute Gasteiger partial charge is 0.261 e. The molecule has 0 atom stereocenters. The zero-order valence-electron chi connectivity index (χ0n) is 22.8. The van der Waals surface area contributed by atoms with Crippen molar-refractivity contribution in [2.24, 2.45) is 0 Å². The minimum Gasteiger partial charge on any atom is -0.395 e. The molecule has 2 aromatic rings. The van der Waals surface area contributed by atoms with Gasteiger partial charge >= 0.3 is 0 Å². The van der Waals surface area contributed by atoms with Crippen LogP contribution in [0.4, 0.5) is 36.3 Å². The Morgan fingerprint density at radius 1 is 1.07 bits per heavy atom. The number of carbonyl (C=O) groups is 1. The number of nitrogens with one attached hydrogen (secondary N) is 2. The molecular formula is C25H35F3N6O4SSi. The molecule has 15 heteroatoms.